The molecule has 1 atom stereocenters. The number of benzene rings is 1. The summed E-state index contributed by atoms with van der Waals surface area (Å²) in [5.74, 6) is 0.485. The molecule has 1 aromatic heterocycles. The van der Waals surface area contributed by atoms with Crippen molar-refractivity contribution >= 4 is 16.6 Å². The maximum Gasteiger partial charge on any atom is 0.0933 e. The number of methoxy groups -OCH3 is 1. The molecule has 0 aliphatic carbocycles. The van der Waals surface area contributed by atoms with Gasteiger partial charge >= 0.3 is 0 Å². The summed E-state index contributed by atoms with van der Waals surface area (Å²) < 4.78 is 5.12. The molecule has 2 rings (SSSR count). The van der Waals surface area contributed by atoms with Gasteiger partial charge < -0.3 is 10.1 Å². The summed E-state index contributed by atoms with van der Waals surface area (Å²) in [6.45, 7) is 3.82. The molecule has 0 aliphatic rings. The second kappa shape index (κ2) is 5.64. The van der Waals surface area contributed by atoms with Crippen LogP contribution in [0.2, 0.25) is 0 Å². The average molecular weight is 230 g/mol. The number of para-hydroxylation sites is 1. The van der Waals surface area contributed by atoms with E-state index < -0.39 is 0 Å². The number of rotatable bonds is 5. The lowest BCUT2D eigenvalue weighted by Gasteiger charge is -2.13. The van der Waals surface area contributed by atoms with Crippen LogP contribution in [-0.2, 0) is 4.74 Å². The topological polar surface area (TPSA) is 34.1 Å². The molecular formula is C14H18N2O. The minimum atomic E-state index is 0.485. The van der Waals surface area contributed by atoms with Gasteiger partial charge in [0.15, 0.2) is 0 Å². The zero-order chi connectivity index (χ0) is 12.1. The third-order valence-corrected chi connectivity index (χ3v) is 2.72. The van der Waals surface area contributed by atoms with Crippen molar-refractivity contribution in [3.05, 3.63) is 36.5 Å². The van der Waals surface area contributed by atoms with Gasteiger partial charge in [0.25, 0.3) is 0 Å². The molecule has 0 spiro atoms. The van der Waals surface area contributed by atoms with E-state index in [1.54, 1.807) is 7.11 Å². The number of ether oxygens (including phenoxy) is 1. The maximum atomic E-state index is 5.12. The van der Waals surface area contributed by atoms with Gasteiger partial charge in [-0.3, -0.25) is 4.98 Å². The Bertz CT molecular complexity index is 479. The molecule has 1 heterocycles. The van der Waals surface area contributed by atoms with Gasteiger partial charge in [0, 0.05) is 25.2 Å². The summed E-state index contributed by atoms with van der Waals surface area (Å²) in [5, 5.41) is 4.59. The van der Waals surface area contributed by atoms with E-state index in [1.807, 2.05) is 18.3 Å². The summed E-state index contributed by atoms with van der Waals surface area (Å²) in [6.07, 6.45) is 1.83. The van der Waals surface area contributed by atoms with Crippen LogP contribution in [0.1, 0.15) is 6.92 Å². The largest absolute Gasteiger partial charge is 0.384 e. The smallest absolute Gasteiger partial charge is 0.0933 e. The van der Waals surface area contributed by atoms with E-state index in [4.69, 9.17) is 4.74 Å². The molecule has 1 aromatic carbocycles. The van der Waals surface area contributed by atoms with Crippen molar-refractivity contribution in [1.82, 2.24) is 4.98 Å². The molecule has 0 radical (unpaired) electrons. The van der Waals surface area contributed by atoms with Crippen LogP contribution in [0.5, 0.6) is 0 Å². The van der Waals surface area contributed by atoms with E-state index in [0.717, 1.165) is 29.7 Å². The normalized spacial score (nSPS) is 12.6. The molecule has 0 saturated carbocycles. The Kier molecular flexibility index (Phi) is 3.94. The van der Waals surface area contributed by atoms with Crippen LogP contribution in [0.15, 0.2) is 36.5 Å². The van der Waals surface area contributed by atoms with E-state index in [-0.39, 0.29) is 0 Å². The van der Waals surface area contributed by atoms with Crippen LogP contribution in [0, 0.1) is 5.92 Å². The molecule has 3 nitrogen and oxygen atoms in total. The second-order valence-electron chi connectivity index (χ2n) is 4.32. The lowest BCUT2D eigenvalue weighted by Crippen LogP contribution is -2.15. The van der Waals surface area contributed by atoms with Crippen molar-refractivity contribution in [2.24, 2.45) is 5.92 Å². The summed E-state index contributed by atoms with van der Waals surface area (Å²) in [6, 6.07) is 10.2. The first-order valence-electron chi connectivity index (χ1n) is 5.88. The summed E-state index contributed by atoms with van der Waals surface area (Å²) >= 11 is 0. The van der Waals surface area contributed by atoms with E-state index in [0.29, 0.717) is 5.92 Å². The highest BCUT2D eigenvalue weighted by atomic mass is 16.5. The molecule has 2 aromatic rings. The number of aromatic nitrogens is 1. The quantitative estimate of drug-likeness (QED) is 0.857. The molecule has 0 bridgehead atoms. The predicted molar refractivity (Wildman–Crippen MR) is 71.3 cm³/mol. The third-order valence-electron chi connectivity index (χ3n) is 2.72. The number of pyridine rings is 1. The number of fused-ring (bicyclic) bond motifs is 1. The first kappa shape index (κ1) is 11.9. The van der Waals surface area contributed by atoms with Gasteiger partial charge in [-0.2, -0.15) is 0 Å². The van der Waals surface area contributed by atoms with E-state index in [1.165, 1.54) is 0 Å². The third kappa shape index (κ3) is 2.94. The van der Waals surface area contributed by atoms with Crippen LogP contribution >= 0.6 is 0 Å². The van der Waals surface area contributed by atoms with E-state index in [9.17, 15) is 0 Å². The lowest BCUT2D eigenvalue weighted by atomic mass is 10.1. The molecule has 3 heteroatoms. The van der Waals surface area contributed by atoms with Gasteiger partial charge in [-0.05, 0) is 18.1 Å². The highest BCUT2D eigenvalue weighted by molar-refractivity contribution is 5.90. The Labute approximate surface area is 102 Å². The molecule has 0 fully saturated rings. The number of anilines is 1. The van der Waals surface area contributed by atoms with Gasteiger partial charge in [0.1, 0.15) is 0 Å². The zero-order valence-electron chi connectivity index (χ0n) is 10.3. The van der Waals surface area contributed by atoms with Gasteiger partial charge in [-0.1, -0.05) is 25.1 Å². The molecule has 90 valence electrons. The zero-order valence-corrected chi connectivity index (χ0v) is 10.3. The fourth-order valence-electron chi connectivity index (χ4n) is 1.87. The monoisotopic (exact) mass is 230 g/mol. The number of hydrogen-bond donors (Lipinski definition) is 1. The van der Waals surface area contributed by atoms with E-state index in [2.05, 4.69) is 35.4 Å². The molecule has 1 unspecified atom stereocenters. The Morgan fingerprint density at radius 3 is 2.94 bits per heavy atom. The van der Waals surface area contributed by atoms with Crippen LogP contribution in [0.4, 0.5) is 5.69 Å². The Morgan fingerprint density at radius 2 is 2.12 bits per heavy atom. The van der Waals surface area contributed by atoms with Crippen molar-refractivity contribution in [1.29, 1.82) is 0 Å². The second-order valence-corrected chi connectivity index (χ2v) is 4.32. The number of hydrogen-bond acceptors (Lipinski definition) is 3. The summed E-state index contributed by atoms with van der Waals surface area (Å²) in [4.78, 5) is 4.41. The minimum absolute atomic E-state index is 0.485. The minimum Gasteiger partial charge on any atom is -0.384 e. The summed E-state index contributed by atoms with van der Waals surface area (Å²) in [5.41, 5.74) is 2.12. The van der Waals surface area contributed by atoms with Crippen molar-refractivity contribution < 1.29 is 4.74 Å². The van der Waals surface area contributed by atoms with Crippen molar-refractivity contribution in [2.45, 2.75) is 6.92 Å². The van der Waals surface area contributed by atoms with Crippen LogP contribution in [-0.4, -0.2) is 25.2 Å². The van der Waals surface area contributed by atoms with Crippen LogP contribution in [0.25, 0.3) is 10.9 Å². The van der Waals surface area contributed by atoms with Crippen molar-refractivity contribution in [2.75, 3.05) is 25.6 Å². The average Bonchev–Trinajstić information content (AvgIpc) is 2.36. The van der Waals surface area contributed by atoms with Gasteiger partial charge in [-0.25, -0.2) is 0 Å². The van der Waals surface area contributed by atoms with E-state index >= 15 is 0 Å². The fraction of sp³-hybridized carbons (Fsp3) is 0.357. The molecule has 0 saturated heterocycles. The molecule has 0 amide bonds. The highest BCUT2D eigenvalue weighted by Crippen LogP contribution is 2.20. The molecule has 0 aliphatic heterocycles. The lowest BCUT2D eigenvalue weighted by molar-refractivity contribution is 0.164. The Morgan fingerprint density at radius 1 is 1.29 bits per heavy atom. The van der Waals surface area contributed by atoms with Gasteiger partial charge in [0.05, 0.1) is 17.8 Å². The predicted octanol–water partition coefficient (Wildman–Crippen LogP) is 2.93. The first-order valence-corrected chi connectivity index (χ1v) is 5.88. The fourth-order valence-corrected chi connectivity index (χ4v) is 1.87. The maximum absolute atomic E-state index is 5.12. The van der Waals surface area contributed by atoms with Crippen molar-refractivity contribution in [3.63, 3.8) is 0 Å². The first-order chi connectivity index (χ1) is 8.31. The van der Waals surface area contributed by atoms with Gasteiger partial charge in [0.2, 0.25) is 0 Å². The Balaban J connectivity index is 2.13. The standard InChI is InChI=1S/C14H18N2O/c1-11(10-17-2)9-16-13-7-3-5-12-6-4-8-15-14(12)13/h3-8,11,16H,9-10H2,1-2H3. The number of nitrogens with zero attached hydrogens (tertiary/aromatic N) is 1. The highest BCUT2D eigenvalue weighted by Gasteiger charge is 2.04. The van der Waals surface area contributed by atoms with Crippen LogP contribution in [0.3, 0.4) is 0 Å². The van der Waals surface area contributed by atoms with Gasteiger partial charge in [-0.15, -0.1) is 0 Å². The SMILES string of the molecule is COCC(C)CNc1cccc2cccnc12. The molecular weight excluding hydrogens is 212 g/mol. The number of nitrogens with one attached hydrogen (secondary N) is 1. The molecule has 1 N–H and O–H groups in total. The molecule has 17 heavy (non-hydrogen) atoms. The van der Waals surface area contributed by atoms with Crippen molar-refractivity contribution in [3.8, 4) is 0 Å². The van der Waals surface area contributed by atoms with Crippen LogP contribution < -0.4 is 5.32 Å². The Hall–Kier alpha value is -1.61. The summed E-state index contributed by atoms with van der Waals surface area (Å²) in [7, 11) is 1.73.